The summed E-state index contributed by atoms with van der Waals surface area (Å²) in [5.74, 6) is -0.0732. The number of nitrogens with one attached hydrogen (secondary N) is 1. The summed E-state index contributed by atoms with van der Waals surface area (Å²) in [6.07, 6.45) is 1.83. The molecule has 9 heteroatoms. The summed E-state index contributed by atoms with van der Waals surface area (Å²) in [6, 6.07) is 9.20. The zero-order valence-electron chi connectivity index (χ0n) is 13.2. The van der Waals surface area contributed by atoms with Crippen LogP contribution < -0.4 is 5.32 Å². The van der Waals surface area contributed by atoms with Crippen molar-refractivity contribution in [1.29, 1.82) is 0 Å². The number of carbonyl (C=O) groups excluding carboxylic acids is 1. The highest BCUT2D eigenvalue weighted by molar-refractivity contribution is 7.98. The molecule has 1 aromatic heterocycles. The summed E-state index contributed by atoms with van der Waals surface area (Å²) in [7, 11) is 0. The Morgan fingerprint density at radius 3 is 2.71 bits per heavy atom. The first-order valence-corrected chi connectivity index (χ1v) is 8.72. The number of benzene rings is 1. The Morgan fingerprint density at radius 2 is 2.04 bits per heavy atom. The highest BCUT2D eigenvalue weighted by atomic mass is 35.5. The standard InChI is InChI=1S/C15H16ClN5O2S/c1-3-23-11(22)9-17-14-12(13(16)18-15(19-14)24-2)21-20-10-7-5-4-6-8-10/h4-8H,3,9H2,1-2H3,(H,17,18,19)/b21-20+. The molecule has 1 aromatic carbocycles. The van der Waals surface area contributed by atoms with Crippen LogP contribution in [0.1, 0.15) is 6.92 Å². The van der Waals surface area contributed by atoms with E-state index in [0.29, 0.717) is 23.3 Å². The Bertz CT molecular complexity index is 727. The van der Waals surface area contributed by atoms with Gasteiger partial charge in [-0.2, -0.15) is 5.11 Å². The summed E-state index contributed by atoms with van der Waals surface area (Å²) in [4.78, 5) is 20.0. The van der Waals surface area contributed by atoms with E-state index in [1.54, 1.807) is 19.1 Å². The number of hydrogen-bond donors (Lipinski definition) is 1. The molecule has 0 fully saturated rings. The highest BCUT2D eigenvalue weighted by Gasteiger charge is 2.14. The fourth-order valence-corrected chi connectivity index (χ4v) is 2.30. The molecule has 0 aliphatic rings. The minimum atomic E-state index is -0.399. The summed E-state index contributed by atoms with van der Waals surface area (Å²) >= 11 is 7.51. The van der Waals surface area contributed by atoms with Crippen LogP contribution in [0.3, 0.4) is 0 Å². The van der Waals surface area contributed by atoms with E-state index in [0.717, 1.165) is 0 Å². The Kier molecular flexibility index (Phi) is 6.95. The number of halogens is 1. The number of aromatic nitrogens is 2. The largest absolute Gasteiger partial charge is 0.465 e. The van der Waals surface area contributed by atoms with Crippen LogP contribution in [0.5, 0.6) is 0 Å². The Hall–Kier alpha value is -2.19. The van der Waals surface area contributed by atoms with Gasteiger partial charge in [0.1, 0.15) is 6.54 Å². The molecule has 0 spiro atoms. The summed E-state index contributed by atoms with van der Waals surface area (Å²) in [5.41, 5.74) is 0.932. The average Bonchev–Trinajstić information content (AvgIpc) is 2.59. The van der Waals surface area contributed by atoms with E-state index in [1.165, 1.54) is 11.8 Å². The number of anilines is 1. The molecule has 0 saturated heterocycles. The predicted octanol–water partition coefficient (Wildman–Crippen LogP) is 4.24. The molecule has 0 saturated carbocycles. The maximum atomic E-state index is 11.5. The molecular weight excluding hydrogens is 350 g/mol. The van der Waals surface area contributed by atoms with Gasteiger partial charge in [0.05, 0.1) is 12.3 Å². The lowest BCUT2D eigenvalue weighted by Gasteiger charge is -2.09. The van der Waals surface area contributed by atoms with Crippen LogP contribution in [0.2, 0.25) is 5.15 Å². The van der Waals surface area contributed by atoms with E-state index < -0.39 is 5.97 Å². The second-order valence-electron chi connectivity index (χ2n) is 4.39. The molecule has 24 heavy (non-hydrogen) atoms. The van der Waals surface area contributed by atoms with Crippen LogP contribution in [0.25, 0.3) is 0 Å². The van der Waals surface area contributed by atoms with Crippen molar-refractivity contribution in [2.45, 2.75) is 12.1 Å². The van der Waals surface area contributed by atoms with E-state index >= 15 is 0 Å². The topological polar surface area (TPSA) is 88.8 Å². The van der Waals surface area contributed by atoms with Gasteiger partial charge >= 0.3 is 5.97 Å². The normalized spacial score (nSPS) is 10.8. The Morgan fingerprint density at radius 1 is 1.29 bits per heavy atom. The van der Waals surface area contributed by atoms with Crippen molar-refractivity contribution in [2.24, 2.45) is 10.2 Å². The second kappa shape index (κ2) is 9.19. The number of rotatable bonds is 7. The number of esters is 1. The minimum absolute atomic E-state index is 0.0527. The van der Waals surface area contributed by atoms with Gasteiger partial charge in [0.15, 0.2) is 21.8 Å². The van der Waals surface area contributed by atoms with Gasteiger partial charge in [-0.3, -0.25) is 4.79 Å². The first kappa shape index (κ1) is 18.2. The third-order valence-electron chi connectivity index (χ3n) is 2.73. The van der Waals surface area contributed by atoms with Crippen molar-refractivity contribution < 1.29 is 9.53 Å². The molecule has 1 N–H and O–H groups in total. The number of nitrogens with zero attached hydrogens (tertiary/aromatic N) is 4. The Balaban J connectivity index is 2.27. The zero-order chi connectivity index (χ0) is 17.4. The molecule has 1 heterocycles. The first-order chi connectivity index (χ1) is 11.6. The summed E-state index contributed by atoms with van der Waals surface area (Å²) in [6.45, 7) is 2.00. The fourth-order valence-electron chi connectivity index (χ4n) is 1.68. The van der Waals surface area contributed by atoms with Crippen LogP contribution in [-0.4, -0.2) is 35.3 Å². The average molecular weight is 366 g/mol. The number of hydrogen-bond acceptors (Lipinski definition) is 8. The smallest absolute Gasteiger partial charge is 0.325 e. The molecule has 0 aliphatic carbocycles. The van der Waals surface area contributed by atoms with Crippen molar-refractivity contribution in [3.63, 3.8) is 0 Å². The molecule has 0 aliphatic heterocycles. The van der Waals surface area contributed by atoms with Crippen LogP contribution in [0, 0.1) is 0 Å². The van der Waals surface area contributed by atoms with E-state index in [1.807, 2.05) is 24.5 Å². The second-order valence-corrected chi connectivity index (χ2v) is 5.52. The van der Waals surface area contributed by atoms with Gasteiger partial charge in [-0.05, 0) is 25.3 Å². The quantitative estimate of drug-likeness (QED) is 0.259. The SMILES string of the molecule is CCOC(=O)CNc1nc(SC)nc(Cl)c1/N=N/c1ccccc1. The van der Waals surface area contributed by atoms with E-state index in [-0.39, 0.29) is 17.4 Å². The maximum absolute atomic E-state index is 11.5. The van der Waals surface area contributed by atoms with Crippen molar-refractivity contribution >= 4 is 46.5 Å². The molecule has 0 bridgehead atoms. The molecule has 0 amide bonds. The van der Waals surface area contributed by atoms with Gasteiger partial charge in [0.2, 0.25) is 0 Å². The number of carbonyl (C=O) groups is 1. The lowest BCUT2D eigenvalue weighted by atomic mass is 10.3. The predicted molar refractivity (Wildman–Crippen MR) is 94.6 cm³/mol. The van der Waals surface area contributed by atoms with Gasteiger partial charge in [0.25, 0.3) is 0 Å². The third kappa shape index (κ3) is 5.17. The minimum Gasteiger partial charge on any atom is -0.465 e. The van der Waals surface area contributed by atoms with Gasteiger partial charge in [-0.25, -0.2) is 9.97 Å². The van der Waals surface area contributed by atoms with Gasteiger partial charge in [0, 0.05) is 0 Å². The van der Waals surface area contributed by atoms with Crippen LogP contribution in [0.4, 0.5) is 17.2 Å². The summed E-state index contributed by atoms with van der Waals surface area (Å²) in [5, 5.41) is 11.7. The molecule has 2 aromatic rings. The number of azo groups is 1. The highest BCUT2D eigenvalue weighted by Crippen LogP contribution is 2.33. The van der Waals surface area contributed by atoms with E-state index in [4.69, 9.17) is 16.3 Å². The van der Waals surface area contributed by atoms with Crippen molar-refractivity contribution in [3.8, 4) is 0 Å². The molecule has 126 valence electrons. The first-order valence-electron chi connectivity index (χ1n) is 7.11. The molecule has 0 atom stereocenters. The zero-order valence-corrected chi connectivity index (χ0v) is 14.8. The molecule has 0 radical (unpaired) electrons. The molecular formula is C15H16ClN5O2S. The maximum Gasteiger partial charge on any atom is 0.325 e. The fraction of sp³-hybridized carbons (Fsp3) is 0.267. The van der Waals surface area contributed by atoms with Crippen molar-refractivity contribution in [1.82, 2.24) is 9.97 Å². The third-order valence-corrected chi connectivity index (χ3v) is 3.54. The van der Waals surface area contributed by atoms with Gasteiger partial charge in [-0.15, -0.1) is 5.11 Å². The lowest BCUT2D eigenvalue weighted by molar-refractivity contribution is -0.140. The molecule has 2 rings (SSSR count). The number of ether oxygens (including phenoxy) is 1. The Labute approximate surface area is 148 Å². The van der Waals surface area contributed by atoms with Crippen LogP contribution >= 0.6 is 23.4 Å². The monoisotopic (exact) mass is 365 g/mol. The van der Waals surface area contributed by atoms with Crippen molar-refractivity contribution in [3.05, 3.63) is 35.5 Å². The summed E-state index contributed by atoms with van der Waals surface area (Å²) < 4.78 is 4.88. The van der Waals surface area contributed by atoms with Crippen LogP contribution in [0.15, 0.2) is 45.7 Å². The van der Waals surface area contributed by atoms with E-state index in [2.05, 4.69) is 25.5 Å². The van der Waals surface area contributed by atoms with Gasteiger partial charge in [-0.1, -0.05) is 41.6 Å². The number of thioether (sulfide) groups is 1. The molecule has 0 unspecified atom stereocenters. The van der Waals surface area contributed by atoms with Gasteiger partial charge < -0.3 is 10.1 Å². The van der Waals surface area contributed by atoms with Crippen LogP contribution in [-0.2, 0) is 9.53 Å². The van der Waals surface area contributed by atoms with Crippen molar-refractivity contribution in [2.75, 3.05) is 24.7 Å². The molecule has 7 nitrogen and oxygen atoms in total. The lowest BCUT2D eigenvalue weighted by Crippen LogP contribution is -2.17. The van der Waals surface area contributed by atoms with E-state index in [9.17, 15) is 4.79 Å².